The fourth-order valence-corrected chi connectivity index (χ4v) is 2.05. The van der Waals surface area contributed by atoms with Gasteiger partial charge in [0.25, 0.3) is 11.8 Å². The third-order valence-electron chi connectivity index (χ3n) is 3.09. The number of carbonyl (C=O) groups excluding carboxylic acids is 2. The Morgan fingerprint density at radius 3 is 2.29 bits per heavy atom. The largest absolute Gasteiger partial charge is 0.282 e. The quantitative estimate of drug-likeness (QED) is 0.678. The van der Waals surface area contributed by atoms with Gasteiger partial charge in [-0.05, 0) is 35.9 Å². The molecule has 2 amide bonds. The molecule has 0 aromatic heterocycles. The smallest absolute Gasteiger partial charge is 0.267 e. The van der Waals surface area contributed by atoms with Gasteiger partial charge in [0.1, 0.15) is 11.4 Å². The summed E-state index contributed by atoms with van der Waals surface area (Å²) in [5, 5.41) is 1.11. The van der Waals surface area contributed by atoms with Gasteiger partial charge >= 0.3 is 0 Å². The molecule has 5 heteroatoms. The molecule has 1 N–H and O–H groups in total. The third-order valence-corrected chi connectivity index (χ3v) is 3.09. The number of rotatable bonds is 2. The SMILES string of the molecule is O=C1NN(c2ccc(F)cc2)C(=O)/C1=C\c1ccccc1. The highest BCUT2D eigenvalue weighted by Gasteiger charge is 2.34. The van der Waals surface area contributed by atoms with Crippen molar-refractivity contribution < 1.29 is 14.0 Å². The van der Waals surface area contributed by atoms with Gasteiger partial charge in [0.15, 0.2) is 0 Å². The molecule has 2 aromatic rings. The van der Waals surface area contributed by atoms with E-state index in [9.17, 15) is 14.0 Å². The molecule has 1 fully saturated rings. The Hall–Kier alpha value is -2.95. The molecule has 3 rings (SSSR count). The first-order valence-electron chi connectivity index (χ1n) is 6.33. The normalized spacial score (nSPS) is 16.4. The van der Waals surface area contributed by atoms with E-state index in [1.165, 1.54) is 30.3 Å². The fraction of sp³-hybridized carbons (Fsp3) is 0. The van der Waals surface area contributed by atoms with Crippen molar-refractivity contribution in [2.75, 3.05) is 5.01 Å². The minimum absolute atomic E-state index is 0.0468. The van der Waals surface area contributed by atoms with Crippen LogP contribution in [-0.4, -0.2) is 11.8 Å². The number of halogens is 1. The van der Waals surface area contributed by atoms with Gasteiger partial charge in [-0.2, -0.15) is 0 Å². The van der Waals surface area contributed by atoms with E-state index >= 15 is 0 Å². The molecule has 0 radical (unpaired) electrons. The zero-order valence-corrected chi connectivity index (χ0v) is 10.9. The lowest BCUT2D eigenvalue weighted by molar-refractivity contribution is -0.117. The average Bonchev–Trinajstić information content (AvgIpc) is 2.77. The van der Waals surface area contributed by atoms with Crippen molar-refractivity contribution in [2.45, 2.75) is 0 Å². The van der Waals surface area contributed by atoms with Crippen LogP contribution in [0, 0.1) is 5.82 Å². The zero-order valence-electron chi connectivity index (χ0n) is 10.9. The van der Waals surface area contributed by atoms with Gasteiger partial charge in [0.2, 0.25) is 0 Å². The molecule has 2 aromatic carbocycles. The van der Waals surface area contributed by atoms with Crippen LogP contribution < -0.4 is 10.4 Å². The molecule has 104 valence electrons. The molecule has 0 aliphatic carbocycles. The summed E-state index contributed by atoms with van der Waals surface area (Å²) in [4.78, 5) is 24.2. The molecule has 1 saturated heterocycles. The van der Waals surface area contributed by atoms with Crippen molar-refractivity contribution in [2.24, 2.45) is 0 Å². The van der Waals surface area contributed by atoms with Crippen LogP contribution in [0.4, 0.5) is 10.1 Å². The van der Waals surface area contributed by atoms with Crippen molar-refractivity contribution in [1.82, 2.24) is 5.43 Å². The van der Waals surface area contributed by atoms with Crippen molar-refractivity contribution >= 4 is 23.6 Å². The Bertz CT molecular complexity index is 724. The molecule has 21 heavy (non-hydrogen) atoms. The Morgan fingerprint density at radius 1 is 0.952 bits per heavy atom. The summed E-state index contributed by atoms with van der Waals surface area (Å²) < 4.78 is 12.9. The molecule has 0 bridgehead atoms. The first-order valence-corrected chi connectivity index (χ1v) is 6.33. The van der Waals surface area contributed by atoms with E-state index < -0.39 is 17.6 Å². The Kier molecular flexibility index (Phi) is 3.23. The molecular formula is C16H11FN2O2. The molecule has 0 saturated carbocycles. The lowest BCUT2D eigenvalue weighted by atomic mass is 10.1. The summed E-state index contributed by atoms with van der Waals surface area (Å²) in [7, 11) is 0. The molecule has 0 spiro atoms. The van der Waals surface area contributed by atoms with E-state index in [0.29, 0.717) is 5.69 Å². The van der Waals surface area contributed by atoms with Crippen LogP contribution in [0.2, 0.25) is 0 Å². The standard InChI is InChI=1S/C16H11FN2O2/c17-12-6-8-13(9-7-12)19-16(21)14(15(20)18-19)10-11-4-2-1-3-5-11/h1-10H,(H,18,20)/b14-10-. The molecule has 0 unspecified atom stereocenters. The maximum Gasteiger partial charge on any atom is 0.282 e. The molecule has 1 aliphatic rings. The highest BCUT2D eigenvalue weighted by molar-refractivity contribution is 6.31. The van der Waals surface area contributed by atoms with Gasteiger partial charge in [0, 0.05) is 0 Å². The van der Waals surface area contributed by atoms with E-state index in [4.69, 9.17) is 0 Å². The molecule has 1 aliphatic heterocycles. The number of benzene rings is 2. The van der Waals surface area contributed by atoms with Gasteiger partial charge < -0.3 is 0 Å². The predicted octanol–water partition coefficient (Wildman–Crippen LogP) is 2.29. The number of amides is 2. The van der Waals surface area contributed by atoms with Crippen LogP contribution in [0.25, 0.3) is 6.08 Å². The van der Waals surface area contributed by atoms with Crippen LogP contribution in [0.1, 0.15) is 5.56 Å². The van der Waals surface area contributed by atoms with E-state index in [0.717, 1.165) is 10.6 Å². The van der Waals surface area contributed by atoms with Crippen LogP contribution in [0.3, 0.4) is 0 Å². The Morgan fingerprint density at radius 2 is 1.62 bits per heavy atom. The van der Waals surface area contributed by atoms with Crippen molar-refractivity contribution in [3.8, 4) is 0 Å². The summed E-state index contributed by atoms with van der Waals surface area (Å²) in [6, 6.07) is 14.4. The summed E-state index contributed by atoms with van der Waals surface area (Å²) in [6.07, 6.45) is 1.53. The van der Waals surface area contributed by atoms with Crippen molar-refractivity contribution in [3.63, 3.8) is 0 Å². The average molecular weight is 282 g/mol. The lowest BCUT2D eigenvalue weighted by Crippen LogP contribution is -2.35. The molecule has 4 nitrogen and oxygen atoms in total. The van der Waals surface area contributed by atoms with E-state index in [-0.39, 0.29) is 5.57 Å². The lowest BCUT2D eigenvalue weighted by Gasteiger charge is -2.14. The number of nitrogens with one attached hydrogen (secondary N) is 1. The van der Waals surface area contributed by atoms with Crippen molar-refractivity contribution in [3.05, 3.63) is 71.6 Å². The minimum atomic E-state index is -0.479. The first-order chi connectivity index (χ1) is 10.1. The monoisotopic (exact) mass is 282 g/mol. The number of hydrazine groups is 1. The highest BCUT2D eigenvalue weighted by atomic mass is 19.1. The number of nitrogens with zero attached hydrogens (tertiary/aromatic N) is 1. The topological polar surface area (TPSA) is 49.4 Å². The minimum Gasteiger partial charge on any atom is -0.267 e. The summed E-state index contributed by atoms with van der Waals surface area (Å²) >= 11 is 0. The van der Waals surface area contributed by atoms with E-state index in [1.54, 1.807) is 12.1 Å². The number of anilines is 1. The fourth-order valence-electron chi connectivity index (χ4n) is 2.05. The van der Waals surface area contributed by atoms with Crippen LogP contribution in [0.5, 0.6) is 0 Å². The number of hydrogen-bond donors (Lipinski definition) is 1. The second kappa shape index (κ2) is 5.20. The second-order valence-corrected chi connectivity index (χ2v) is 4.53. The van der Waals surface area contributed by atoms with Crippen LogP contribution in [-0.2, 0) is 9.59 Å². The van der Waals surface area contributed by atoms with Crippen LogP contribution >= 0.6 is 0 Å². The number of carbonyl (C=O) groups is 2. The first kappa shape index (κ1) is 13.1. The molecular weight excluding hydrogens is 271 g/mol. The highest BCUT2D eigenvalue weighted by Crippen LogP contribution is 2.21. The predicted molar refractivity (Wildman–Crippen MR) is 76.4 cm³/mol. The zero-order chi connectivity index (χ0) is 14.8. The third kappa shape index (κ3) is 2.53. The summed E-state index contributed by atoms with van der Waals surface area (Å²) in [5.41, 5.74) is 3.68. The van der Waals surface area contributed by atoms with Gasteiger partial charge in [-0.15, -0.1) is 0 Å². The molecule has 0 atom stereocenters. The maximum absolute atomic E-state index is 12.9. The van der Waals surface area contributed by atoms with Gasteiger partial charge in [-0.1, -0.05) is 30.3 Å². The van der Waals surface area contributed by atoms with E-state index in [2.05, 4.69) is 5.43 Å². The van der Waals surface area contributed by atoms with Gasteiger partial charge in [-0.3, -0.25) is 15.0 Å². The maximum atomic E-state index is 12.9. The summed E-state index contributed by atoms with van der Waals surface area (Å²) in [6.45, 7) is 0. The molecule has 1 heterocycles. The van der Waals surface area contributed by atoms with Gasteiger partial charge in [-0.25, -0.2) is 9.40 Å². The van der Waals surface area contributed by atoms with E-state index in [1.807, 2.05) is 18.2 Å². The van der Waals surface area contributed by atoms with Crippen LogP contribution in [0.15, 0.2) is 60.2 Å². The number of hydrogen-bond acceptors (Lipinski definition) is 2. The summed E-state index contributed by atoms with van der Waals surface area (Å²) in [5.74, 6) is -1.35. The second-order valence-electron chi connectivity index (χ2n) is 4.53. The van der Waals surface area contributed by atoms with Gasteiger partial charge in [0.05, 0.1) is 5.69 Å². The Balaban J connectivity index is 1.92. The van der Waals surface area contributed by atoms with Crippen molar-refractivity contribution in [1.29, 1.82) is 0 Å². The Labute approximate surface area is 120 Å².